The van der Waals surface area contributed by atoms with E-state index in [0.29, 0.717) is 17.1 Å². The van der Waals surface area contributed by atoms with Gasteiger partial charge in [0.2, 0.25) is 0 Å². The number of phenolic OH excluding ortho intramolecular Hbond substituents is 1. The van der Waals surface area contributed by atoms with E-state index in [4.69, 9.17) is 0 Å². The maximum Gasteiger partial charge on any atom is 1.00 e. The third kappa shape index (κ3) is 13.1. The van der Waals surface area contributed by atoms with Crippen LogP contribution in [0.1, 0.15) is 62.6 Å². The zero-order valence-corrected chi connectivity index (χ0v) is 41.7. The summed E-state index contributed by atoms with van der Waals surface area (Å²) >= 11 is 1.33. The van der Waals surface area contributed by atoms with Gasteiger partial charge in [0.25, 0.3) is 0 Å². The van der Waals surface area contributed by atoms with Gasteiger partial charge in [0.1, 0.15) is 11.5 Å². The van der Waals surface area contributed by atoms with E-state index in [2.05, 4.69) is 191 Å². The largest absolute Gasteiger partial charge is 1.00 e. The van der Waals surface area contributed by atoms with Crippen molar-refractivity contribution in [2.75, 3.05) is 6.26 Å². The number of phenols is 1. The molecule has 2 atom stereocenters. The zero-order valence-electron chi connectivity index (χ0n) is 35.1. The molecule has 0 amide bonds. The Morgan fingerprint density at radius 1 is 0.525 bits per heavy atom. The quantitative estimate of drug-likeness (QED) is 0.0476. The summed E-state index contributed by atoms with van der Waals surface area (Å²) in [5.74, 6) is 1.37. The van der Waals surface area contributed by atoms with Crippen molar-refractivity contribution in [2.24, 2.45) is 0 Å². The molecule has 1 aliphatic rings. The monoisotopic (exact) mass is 1030 g/mol. The van der Waals surface area contributed by atoms with Gasteiger partial charge in [0.15, 0.2) is 0 Å². The predicted octanol–water partition coefficient (Wildman–Crippen LogP) is 9.76. The van der Waals surface area contributed by atoms with E-state index in [1.807, 2.05) is 13.0 Å². The van der Waals surface area contributed by atoms with Crippen LogP contribution in [0.4, 0.5) is 0 Å². The molecule has 1 radical (unpaired) electrons. The van der Waals surface area contributed by atoms with Crippen molar-refractivity contribution in [3.63, 3.8) is 0 Å². The van der Waals surface area contributed by atoms with Crippen LogP contribution >= 0.6 is 15.8 Å². The van der Waals surface area contributed by atoms with Gasteiger partial charge in [0.05, 0.1) is 6.26 Å². The van der Waals surface area contributed by atoms with Crippen LogP contribution in [-0.2, 0) is 37.0 Å². The van der Waals surface area contributed by atoms with Gasteiger partial charge in [0, 0.05) is 16.7 Å². The Bertz CT molecular complexity index is 2070. The maximum atomic E-state index is 10.6. The van der Waals surface area contributed by atoms with Crippen LogP contribution in [0.2, 0.25) is 0 Å². The topological polar surface area (TPSA) is 20.2 Å². The summed E-state index contributed by atoms with van der Waals surface area (Å²) in [6.07, 6.45) is 9.67. The molecule has 1 N–H and O–H groups in total. The smallest absolute Gasteiger partial charge is 1.00 e. The molecule has 1 saturated carbocycles. The normalized spacial score (nSPS) is 12.9. The first kappa shape index (κ1) is 48.8. The van der Waals surface area contributed by atoms with Crippen LogP contribution in [0.3, 0.4) is 0 Å². The summed E-state index contributed by atoms with van der Waals surface area (Å²) in [7, 11) is -0.897. The Morgan fingerprint density at radius 3 is 1.31 bits per heavy atom. The van der Waals surface area contributed by atoms with E-state index in [0.717, 1.165) is 22.4 Å². The van der Waals surface area contributed by atoms with Crippen molar-refractivity contribution in [2.45, 2.75) is 76.9 Å². The Hall–Kier alpha value is -2.84. The molecule has 0 unspecified atom stereocenters. The summed E-state index contributed by atoms with van der Waals surface area (Å²) in [6, 6.07) is 61.3. The second-order valence-electron chi connectivity index (χ2n) is 15.1. The SMILES string of the molecule is C1CCCC1.C[C@@H]([C@H](C)P(c1ccccc1)c1ccccc1)P(c1ccccc1)c1ccccc1.C[SH+]Cc1ccc2ccccc2c1-c1c(C)cc(C)cc1O.[I-].[Ru+]. The molecule has 0 aliphatic heterocycles. The fourth-order valence-electron chi connectivity index (χ4n) is 8.09. The molecule has 59 heavy (non-hydrogen) atoms. The molecule has 1 aliphatic carbocycles. The fraction of sp³-hybridized carbons (Fsp3) is 0.245. The molecule has 0 saturated heterocycles. The van der Waals surface area contributed by atoms with Crippen LogP contribution in [0.15, 0.2) is 170 Å². The predicted molar refractivity (Wildman–Crippen MR) is 259 cm³/mol. The molecular weight excluding hydrogens is 975 g/mol. The van der Waals surface area contributed by atoms with Crippen LogP contribution in [-0.4, -0.2) is 22.7 Å². The molecule has 307 valence electrons. The first-order valence-electron chi connectivity index (χ1n) is 20.5. The second-order valence-corrected chi connectivity index (χ2v) is 21.2. The van der Waals surface area contributed by atoms with Gasteiger partial charge in [-0.2, -0.15) is 0 Å². The molecule has 1 fully saturated rings. The van der Waals surface area contributed by atoms with Crippen molar-refractivity contribution in [1.29, 1.82) is 0 Å². The second kappa shape index (κ2) is 25.2. The summed E-state index contributed by atoms with van der Waals surface area (Å²) in [5.41, 5.74) is 6.78. The minimum absolute atomic E-state index is 0. The van der Waals surface area contributed by atoms with Crippen molar-refractivity contribution >= 4 is 59.6 Å². The average Bonchev–Trinajstić information content (AvgIpc) is 3.84. The Labute approximate surface area is 391 Å². The molecule has 0 aromatic heterocycles. The molecule has 1 nitrogen and oxygen atoms in total. The molecule has 0 bridgehead atoms. The van der Waals surface area contributed by atoms with Crippen molar-refractivity contribution in [1.82, 2.24) is 0 Å². The van der Waals surface area contributed by atoms with E-state index >= 15 is 0 Å². The number of halogens is 1. The van der Waals surface area contributed by atoms with E-state index in [-0.39, 0.29) is 43.5 Å². The summed E-state index contributed by atoms with van der Waals surface area (Å²) < 4.78 is 0. The number of aryl methyl sites for hydroxylation is 2. The number of fused-ring (bicyclic) bond motifs is 1. The van der Waals surface area contributed by atoms with E-state index in [1.54, 1.807) is 0 Å². The molecule has 8 rings (SSSR count). The molecule has 6 heteroatoms. The zero-order chi connectivity index (χ0) is 40.0. The third-order valence-electron chi connectivity index (χ3n) is 11.0. The van der Waals surface area contributed by atoms with E-state index in [9.17, 15) is 5.11 Å². The number of aromatic hydroxyl groups is 1. The summed E-state index contributed by atoms with van der Waals surface area (Å²) in [6.45, 7) is 9.04. The summed E-state index contributed by atoms with van der Waals surface area (Å²) in [4.78, 5) is 0. The van der Waals surface area contributed by atoms with Crippen LogP contribution < -0.4 is 45.2 Å². The number of hydrogen-bond acceptors (Lipinski definition) is 1. The molecular formula is C53H59IOP2RuS+. The fourth-order valence-corrected chi connectivity index (χ4v) is 14.8. The Kier molecular flexibility index (Phi) is 20.8. The minimum atomic E-state index is -0.448. The van der Waals surface area contributed by atoms with Gasteiger partial charge in [-0.25, -0.2) is 0 Å². The Morgan fingerprint density at radius 2 is 0.915 bits per heavy atom. The van der Waals surface area contributed by atoms with Crippen LogP contribution in [0.5, 0.6) is 5.75 Å². The van der Waals surface area contributed by atoms with Gasteiger partial charge in [-0.15, -0.1) is 0 Å². The summed E-state index contributed by atoms with van der Waals surface area (Å²) in [5, 5.41) is 18.9. The van der Waals surface area contributed by atoms with Gasteiger partial charge in [-0.1, -0.05) is 210 Å². The Balaban J connectivity index is 0.000000233. The maximum absolute atomic E-state index is 10.6. The first-order chi connectivity index (χ1) is 27.9. The standard InChI is InChI=1S/C28H28P2.C20H20OS.C5H10.HI.Ru/c1-23(29(25-15-7-3-8-16-25)26-17-9-4-10-18-26)24(2)30(27-19-11-5-12-20-27)28-21-13-6-14-22-28;1-13-10-14(2)19(18(21)11-13)20-16(12-22-3)9-8-15-6-4-5-7-17(15)20;1-2-4-5-3-1;;/h3-24H,1-2H3;4-11,21H,12H2,1-3H3;1-5H2;1H;/q;;;;+1/t23-,24-;;;;/m0..../s1. The average molecular weight is 1030 g/mol. The van der Waals surface area contributed by atoms with Crippen molar-refractivity contribution in [3.8, 4) is 16.9 Å². The minimum Gasteiger partial charge on any atom is -1.00 e. The van der Waals surface area contributed by atoms with Gasteiger partial charge in [-0.3, -0.25) is 0 Å². The van der Waals surface area contributed by atoms with E-state index in [1.165, 1.54) is 87.0 Å². The number of thiol groups is 1. The number of hydrogen-bond donors (Lipinski definition) is 1. The number of rotatable bonds is 10. The van der Waals surface area contributed by atoms with Crippen LogP contribution in [0.25, 0.3) is 21.9 Å². The molecule has 0 heterocycles. The first-order valence-corrected chi connectivity index (χ1v) is 24.9. The number of benzene rings is 7. The van der Waals surface area contributed by atoms with Gasteiger partial charge in [-0.05, 0) is 102 Å². The van der Waals surface area contributed by atoms with Crippen molar-refractivity contribution in [3.05, 3.63) is 187 Å². The van der Waals surface area contributed by atoms with Crippen LogP contribution in [0, 0.1) is 13.8 Å². The molecule has 7 aromatic carbocycles. The molecule has 0 spiro atoms. The van der Waals surface area contributed by atoms with E-state index < -0.39 is 15.8 Å². The van der Waals surface area contributed by atoms with Gasteiger partial charge >= 0.3 is 19.5 Å². The van der Waals surface area contributed by atoms with Crippen molar-refractivity contribution < 1.29 is 48.6 Å². The van der Waals surface area contributed by atoms with Gasteiger partial charge < -0.3 is 29.1 Å². The molecule has 7 aromatic rings. The third-order valence-corrected chi connectivity index (χ3v) is 17.8.